The van der Waals surface area contributed by atoms with E-state index in [4.69, 9.17) is 0 Å². The number of benzene rings is 1. The normalized spacial score (nSPS) is 15.0. The van der Waals surface area contributed by atoms with E-state index in [2.05, 4.69) is 31.0 Å². The Morgan fingerprint density at radius 3 is 2.68 bits per heavy atom. The molecule has 0 atom stereocenters. The van der Waals surface area contributed by atoms with Gasteiger partial charge in [-0.3, -0.25) is 0 Å². The van der Waals surface area contributed by atoms with Gasteiger partial charge in [0, 0.05) is 24.8 Å². The van der Waals surface area contributed by atoms with Gasteiger partial charge in [0.25, 0.3) is 0 Å². The molecule has 0 radical (unpaired) electrons. The maximum Gasteiger partial charge on any atom is 0.123 e. The second-order valence-electron chi connectivity index (χ2n) is 5.83. The Morgan fingerprint density at radius 2 is 2.11 bits per heavy atom. The third-order valence-electron chi connectivity index (χ3n) is 3.47. The summed E-state index contributed by atoms with van der Waals surface area (Å²) in [6.45, 7) is 9.25. The topological polar surface area (TPSA) is 15.3 Å². The third-order valence-corrected chi connectivity index (χ3v) is 3.47. The van der Waals surface area contributed by atoms with E-state index in [1.54, 1.807) is 12.1 Å². The molecular formula is C16H25FN2. The van der Waals surface area contributed by atoms with Gasteiger partial charge >= 0.3 is 0 Å². The molecule has 0 aromatic heterocycles. The van der Waals surface area contributed by atoms with Gasteiger partial charge in [-0.05, 0) is 49.1 Å². The standard InChI is InChI=1S/C16H25FN2/c1-4-18-10-13-9-14(17)5-8-16(13)19(11-12(2)3)15-6-7-15/h5,8-9,12,15,18H,4,6-7,10-11H2,1-3H3. The summed E-state index contributed by atoms with van der Waals surface area (Å²) in [5, 5.41) is 3.31. The van der Waals surface area contributed by atoms with Gasteiger partial charge in [-0.1, -0.05) is 20.8 Å². The first-order valence-electron chi connectivity index (χ1n) is 7.37. The summed E-state index contributed by atoms with van der Waals surface area (Å²) in [6, 6.07) is 5.87. The first kappa shape index (κ1) is 14.3. The van der Waals surface area contributed by atoms with Gasteiger partial charge in [-0.25, -0.2) is 4.39 Å². The molecule has 1 aromatic carbocycles. The summed E-state index contributed by atoms with van der Waals surface area (Å²) in [7, 11) is 0. The molecule has 1 aromatic rings. The fraction of sp³-hybridized carbons (Fsp3) is 0.625. The molecule has 1 aliphatic rings. The summed E-state index contributed by atoms with van der Waals surface area (Å²) in [6.07, 6.45) is 2.54. The number of hydrogen-bond donors (Lipinski definition) is 1. The monoisotopic (exact) mass is 264 g/mol. The summed E-state index contributed by atoms with van der Waals surface area (Å²) in [4.78, 5) is 2.47. The molecule has 1 fully saturated rings. The maximum atomic E-state index is 13.5. The van der Waals surface area contributed by atoms with Crippen molar-refractivity contribution >= 4 is 5.69 Å². The molecular weight excluding hydrogens is 239 g/mol. The Morgan fingerprint density at radius 1 is 1.37 bits per heavy atom. The van der Waals surface area contributed by atoms with Crippen LogP contribution in [0.15, 0.2) is 18.2 Å². The Balaban J connectivity index is 2.23. The molecule has 0 heterocycles. The van der Waals surface area contributed by atoms with Crippen LogP contribution in [-0.4, -0.2) is 19.1 Å². The van der Waals surface area contributed by atoms with Gasteiger partial charge in [0.15, 0.2) is 0 Å². The number of nitrogens with one attached hydrogen (secondary N) is 1. The van der Waals surface area contributed by atoms with E-state index in [1.165, 1.54) is 18.5 Å². The molecule has 0 spiro atoms. The highest BCUT2D eigenvalue weighted by atomic mass is 19.1. The van der Waals surface area contributed by atoms with E-state index in [-0.39, 0.29) is 5.82 Å². The molecule has 0 saturated heterocycles. The lowest BCUT2D eigenvalue weighted by Gasteiger charge is -2.29. The average Bonchev–Trinajstić information content (AvgIpc) is 3.18. The minimum absolute atomic E-state index is 0.142. The second-order valence-corrected chi connectivity index (χ2v) is 5.83. The predicted molar refractivity (Wildman–Crippen MR) is 79.0 cm³/mol. The summed E-state index contributed by atoms with van der Waals surface area (Å²) in [5.74, 6) is 0.481. The lowest BCUT2D eigenvalue weighted by molar-refractivity contribution is 0.598. The van der Waals surface area contributed by atoms with Crippen LogP contribution in [0.2, 0.25) is 0 Å². The average molecular weight is 264 g/mol. The minimum atomic E-state index is -0.142. The predicted octanol–water partition coefficient (Wildman–Crippen LogP) is 3.56. The van der Waals surface area contributed by atoms with Crippen molar-refractivity contribution in [2.45, 2.75) is 46.2 Å². The van der Waals surface area contributed by atoms with Crippen molar-refractivity contribution in [2.75, 3.05) is 18.0 Å². The lowest BCUT2D eigenvalue weighted by Crippen LogP contribution is -2.31. The Labute approximate surface area is 116 Å². The zero-order valence-electron chi connectivity index (χ0n) is 12.2. The van der Waals surface area contributed by atoms with Gasteiger partial charge < -0.3 is 10.2 Å². The van der Waals surface area contributed by atoms with Crippen molar-refractivity contribution in [1.82, 2.24) is 5.32 Å². The number of halogens is 1. The molecule has 1 saturated carbocycles. The van der Waals surface area contributed by atoms with Crippen LogP contribution >= 0.6 is 0 Å². The second kappa shape index (κ2) is 6.38. The first-order valence-corrected chi connectivity index (χ1v) is 7.37. The Hall–Kier alpha value is -1.09. The quantitative estimate of drug-likeness (QED) is 0.810. The number of rotatable bonds is 7. The van der Waals surface area contributed by atoms with Gasteiger partial charge in [0.2, 0.25) is 0 Å². The molecule has 0 amide bonds. The summed E-state index contributed by atoms with van der Waals surface area (Å²) in [5.41, 5.74) is 2.29. The van der Waals surface area contributed by atoms with Crippen molar-refractivity contribution in [2.24, 2.45) is 5.92 Å². The SMILES string of the molecule is CCNCc1cc(F)ccc1N(CC(C)C)C1CC1. The fourth-order valence-corrected chi connectivity index (χ4v) is 2.46. The Kier molecular flexibility index (Phi) is 4.81. The smallest absolute Gasteiger partial charge is 0.123 e. The molecule has 1 aliphatic carbocycles. The summed E-state index contributed by atoms with van der Waals surface area (Å²) >= 11 is 0. The lowest BCUT2D eigenvalue weighted by atomic mass is 10.1. The van der Waals surface area contributed by atoms with Crippen molar-refractivity contribution in [3.05, 3.63) is 29.6 Å². The fourth-order valence-electron chi connectivity index (χ4n) is 2.46. The molecule has 1 N–H and O–H groups in total. The van der Waals surface area contributed by atoms with Crippen LogP contribution in [0.3, 0.4) is 0 Å². The number of nitrogens with zero attached hydrogens (tertiary/aromatic N) is 1. The number of anilines is 1. The highest BCUT2D eigenvalue weighted by Gasteiger charge is 2.30. The highest BCUT2D eigenvalue weighted by Crippen LogP contribution is 2.34. The van der Waals surface area contributed by atoms with Crippen LogP contribution in [0.1, 0.15) is 39.2 Å². The molecule has 2 nitrogen and oxygen atoms in total. The van der Waals surface area contributed by atoms with E-state index in [9.17, 15) is 4.39 Å². The molecule has 0 bridgehead atoms. The molecule has 19 heavy (non-hydrogen) atoms. The zero-order chi connectivity index (χ0) is 13.8. The molecule has 0 aliphatic heterocycles. The van der Waals surface area contributed by atoms with E-state index in [1.807, 2.05) is 6.07 Å². The zero-order valence-corrected chi connectivity index (χ0v) is 12.2. The minimum Gasteiger partial charge on any atom is -0.368 e. The highest BCUT2D eigenvalue weighted by molar-refractivity contribution is 5.55. The third kappa shape index (κ3) is 3.93. The van der Waals surface area contributed by atoms with Crippen molar-refractivity contribution < 1.29 is 4.39 Å². The van der Waals surface area contributed by atoms with Crippen LogP contribution < -0.4 is 10.2 Å². The van der Waals surface area contributed by atoms with Crippen LogP contribution in [0, 0.1) is 11.7 Å². The molecule has 3 heteroatoms. The van der Waals surface area contributed by atoms with Crippen LogP contribution in [-0.2, 0) is 6.54 Å². The van der Waals surface area contributed by atoms with Crippen molar-refractivity contribution in [3.8, 4) is 0 Å². The van der Waals surface area contributed by atoms with Crippen molar-refractivity contribution in [3.63, 3.8) is 0 Å². The maximum absolute atomic E-state index is 13.5. The van der Waals surface area contributed by atoms with Crippen LogP contribution in [0.5, 0.6) is 0 Å². The van der Waals surface area contributed by atoms with Gasteiger partial charge in [-0.15, -0.1) is 0 Å². The van der Waals surface area contributed by atoms with Gasteiger partial charge in [0.1, 0.15) is 5.82 Å². The summed E-state index contributed by atoms with van der Waals surface area (Å²) < 4.78 is 13.5. The van der Waals surface area contributed by atoms with Crippen LogP contribution in [0.25, 0.3) is 0 Å². The largest absolute Gasteiger partial charge is 0.368 e. The Bertz CT molecular complexity index is 413. The molecule has 106 valence electrons. The van der Waals surface area contributed by atoms with E-state index < -0.39 is 0 Å². The molecule has 0 unspecified atom stereocenters. The first-order chi connectivity index (χ1) is 9.11. The van der Waals surface area contributed by atoms with Gasteiger partial charge in [0.05, 0.1) is 0 Å². The van der Waals surface area contributed by atoms with E-state index in [0.29, 0.717) is 12.0 Å². The van der Waals surface area contributed by atoms with Crippen molar-refractivity contribution in [1.29, 1.82) is 0 Å². The van der Waals surface area contributed by atoms with E-state index in [0.717, 1.165) is 25.2 Å². The number of hydrogen-bond acceptors (Lipinski definition) is 2. The van der Waals surface area contributed by atoms with Crippen LogP contribution in [0.4, 0.5) is 10.1 Å². The van der Waals surface area contributed by atoms with Gasteiger partial charge in [-0.2, -0.15) is 0 Å². The molecule has 2 rings (SSSR count). The van der Waals surface area contributed by atoms with E-state index >= 15 is 0 Å².